The van der Waals surface area contributed by atoms with Crippen LogP contribution in [0, 0.1) is 6.92 Å². The second-order valence-corrected chi connectivity index (χ2v) is 3.38. The summed E-state index contributed by atoms with van der Waals surface area (Å²) in [5.74, 6) is 1.28. The SMILES string of the molecule is COc1ccc(C)cc1-c1nc(CO)no1. The molecule has 1 heterocycles. The van der Waals surface area contributed by atoms with Crippen LogP contribution >= 0.6 is 0 Å². The van der Waals surface area contributed by atoms with Crippen LogP contribution in [0.15, 0.2) is 22.7 Å². The molecule has 5 nitrogen and oxygen atoms in total. The van der Waals surface area contributed by atoms with E-state index in [1.54, 1.807) is 7.11 Å². The van der Waals surface area contributed by atoms with Crippen molar-refractivity contribution in [2.24, 2.45) is 0 Å². The minimum atomic E-state index is -0.238. The third kappa shape index (κ3) is 1.90. The molecule has 1 aromatic carbocycles. The minimum Gasteiger partial charge on any atom is -0.496 e. The Hall–Kier alpha value is -1.88. The van der Waals surface area contributed by atoms with E-state index in [2.05, 4.69) is 10.1 Å². The first-order valence-corrected chi connectivity index (χ1v) is 4.83. The Morgan fingerprint density at radius 3 is 2.88 bits per heavy atom. The summed E-state index contributed by atoms with van der Waals surface area (Å²) >= 11 is 0. The van der Waals surface area contributed by atoms with Gasteiger partial charge in [0, 0.05) is 0 Å². The molecule has 1 N–H and O–H groups in total. The van der Waals surface area contributed by atoms with Crippen LogP contribution in [0.3, 0.4) is 0 Å². The van der Waals surface area contributed by atoms with Gasteiger partial charge < -0.3 is 14.4 Å². The average molecular weight is 220 g/mol. The largest absolute Gasteiger partial charge is 0.496 e. The van der Waals surface area contributed by atoms with E-state index in [1.807, 2.05) is 25.1 Å². The molecule has 0 amide bonds. The zero-order valence-corrected chi connectivity index (χ0v) is 9.10. The maximum absolute atomic E-state index is 8.86. The summed E-state index contributed by atoms with van der Waals surface area (Å²) in [6, 6.07) is 5.67. The number of benzene rings is 1. The fraction of sp³-hybridized carbons (Fsp3) is 0.273. The van der Waals surface area contributed by atoms with Gasteiger partial charge in [0.15, 0.2) is 5.82 Å². The van der Waals surface area contributed by atoms with Crippen molar-refractivity contribution in [3.8, 4) is 17.2 Å². The van der Waals surface area contributed by atoms with Gasteiger partial charge in [0.1, 0.15) is 12.4 Å². The van der Waals surface area contributed by atoms with Gasteiger partial charge in [0.2, 0.25) is 0 Å². The number of methoxy groups -OCH3 is 1. The van der Waals surface area contributed by atoms with Crippen molar-refractivity contribution >= 4 is 0 Å². The van der Waals surface area contributed by atoms with Gasteiger partial charge in [-0.3, -0.25) is 0 Å². The van der Waals surface area contributed by atoms with E-state index in [-0.39, 0.29) is 12.4 Å². The number of rotatable bonds is 3. The third-order valence-corrected chi connectivity index (χ3v) is 2.19. The Kier molecular flexibility index (Phi) is 2.87. The van der Waals surface area contributed by atoms with E-state index in [9.17, 15) is 0 Å². The van der Waals surface area contributed by atoms with Crippen LogP contribution in [-0.2, 0) is 6.61 Å². The van der Waals surface area contributed by atoms with E-state index in [0.29, 0.717) is 11.6 Å². The second kappa shape index (κ2) is 4.32. The summed E-state index contributed by atoms with van der Waals surface area (Å²) in [6.07, 6.45) is 0. The van der Waals surface area contributed by atoms with Crippen molar-refractivity contribution in [3.05, 3.63) is 29.6 Å². The molecule has 2 rings (SSSR count). The molecule has 0 aliphatic carbocycles. The Balaban J connectivity index is 2.49. The maximum atomic E-state index is 8.86. The van der Waals surface area contributed by atoms with Gasteiger partial charge in [-0.15, -0.1) is 0 Å². The van der Waals surface area contributed by atoms with Crippen molar-refractivity contribution in [1.82, 2.24) is 10.1 Å². The fourth-order valence-corrected chi connectivity index (χ4v) is 1.42. The molecule has 0 spiro atoms. The Morgan fingerprint density at radius 2 is 2.25 bits per heavy atom. The first-order chi connectivity index (χ1) is 7.74. The topological polar surface area (TPSA) is 68.4 Å². The minimum absolute atomic E-state index is 0.238. The van der Waals surface area contributed by atoms with Gasteiger partial charge in [0.05, 0.1) is 12.7 Å². The summed E-state index contributed by atoms with van der Waals surface area (Å²) < 4.78 is 10.2. The Bertz CT molecular complexity index is 494. The molecule has 1 aromatic heterocycles. The molecule has 0 aliphatic rings. The lowest BCUT2D eigenvalue weighted by Gasteiger charge is -2.05. The molecular weight excluding hydrogens is 208 g/mol. The molecule has 84 valence electrons. The number of hydrogen-bond donors (Lipinski definition) is 1. The number of hydrogen-bond acceptors (Lipinski definition) is 5. The lowest BCUT2D eigenvalue weighted by atomic mass is 10.1. The number of aliphatic hydroxyl groups excluding tert-OH is 1. The second-order valence-electron chi connectivity index (χ2n) is 3.38. The molecule has 16 heavy (non-hydrogen) atoms. The summed E-state index contributed by atoms with van der Waals surface area (Å²) in [6.45, 7) is 1.73. The number of aryl methyl sites for hydroxylation is 1. The smallest absolute Gasteiger partial charge is 0.261 e. The average Bonchev–Trinajstić information content (AvgIpc) is 2.77. The molecule has 0 saturated heterocycles. The van der Waals surface area contributed by atoms with Crippen LogP contribution in [0.25, 0.3) is 11.5 Å². The molecule has 5 heteroatoms. The van der Waals surface area contributed by atoms with E-state index >= 15 is 0 Å². The van der Waals surface area contributed by atoms with Crippen LogP contribution in [0.2, 0.25) is 0 Å². The highest BCUT2D eigenvalue weighted by Gasteiger charge is 2.13. The predicted octanol–water partition coefficient (Wildman–Crippen LogP) is 1.55. The van der Waals surface area contributed by atoms with Crippen molar-refractivity contribution in [1.29, 1.82) is 0 Å². The van der Waals surface area contributed by atoms with Crippen molar-refractivity contribution < 1.29 is 14.4 Å². The van der Waals surface area contributed by atoms with Crippen molar-refractivity contribution in [2.75, 3.05) is 7.11 Å². The van der Waals surface area contributed by atoms with Gasteiger partial charge >= 0.3 is 0 Å². The third-order valence-electron chi connectivity index (χ3n) is 2.19. The maximum Gasteiger partial charge on any atom is 0.261 e. The van der Waals surface area contributed by atoms with Crippen molar-refractivity contribution in [3.63, 3.8) is 0 Å². The highest BCUT2D eigenvalue weighted by Crippen LogP contribution is 2.29. The van der Waals surface area contributed by atoms with Gasteiger partial charge in [-0.2, -0.15) is 4.98 Å². The van der Waals surface area contributed by atoms with Gasteiger partial charge in [-0.25, -0.2) is 0 Å². The van der Waals surface area contributed by atoms with Crippen LogP contribution in [0.4, 0.5) is 0 Å². The molecule has 2 aromatic rings. The lowest BCUT2D eigenvalue weighted by Crippen LogP contribution is -1.90. The van der Waals surface area contributed by atoms with Crippen molar-refractivity contribution in [2.45, 2.75) is 13.5 Å². The predicted molar refractivity (Wildman–Crippen MR) is 56.9 cm³/mol. The van der Waals surface area contributed by atoms with Gasteiger partial charge in [0.25, 0.3) is 5.89 Å². The number of nitrogens with zero attached hydrogens (tertiary/aromatic N) is 2. The molecule has 0 fully saturated rings. The standard InChI is InChI=1S/C11H12N2O3/c1-7-3-4-9(15-2)8(5-7)11-12-10(6-14)13-16-11/h3-5,14H,6H2,1-2H3. The molecule has 0 bridgehead atoms. The lowest BCUT2D eigenvalue weighted by molar-refractivity contribution is 0.264. The van der Waals surface area contributed by atoms with Crippen LogP contribution in [-0.4, -0.2) is 22.4 Å². The summed E-state index contributed by atoms with van der Waals surface area (Å²) in [7, 11) is 1.58. The van der Waals surface area contributed by atoms with Gasteiger partial charge in [-0.05, 0) is 19.1 Å². The fourth-order valence-electron chi connectivity index (χ4n) is 1.42. The monoisotopic (exact) mass is 220 g/mol. The molecule has 0 aliphatic heterocycles. The number of ether oxygens (including phenoxy) is 1. The number of aromatic nitrogens is 2. The Labute approximate surface area is 92.7 Å². The first-order valence-electron chi connectivity index (χ1n) is 4.83. The van der Waals surface area contributed by atoms with Crippen LogP contribution in [0.5, 0.6) is 5.75 Å². The number of aliphatic hydroxyl groups is 1. The van der Waals surface area contributed by atoms with Crippen LogP contribution < -0.4 is 4.74 Å². The summed E-state index contributed by atoms with van der Waals surface area (Å²) in [5.41, 5.74) is 1.80. The summed E-state index contributed by atoms with van der Waals surface area (Å²) in [4.78, 5) is 4.04. The summed E-state index contributed by atoms with van der Waals surface area (Å²) in [5, 5.41) is 12.5. The molecule has 0 unspecified atom stereocenters. The van der Waals surface area contributed by atoms with E-state index in [1.165, 1.54) is 0 Å². The zero-order chi connectivity index (χ0) is 11.5. The molecule has 0 saturated carbocycles. The van der Waals surface area contributed by atoms with E-state index < -0.39 is 0 Å². The molecule has 0 radical (unpaired) electrons. The highest BCUT2D eigenvalue weighted by molar-refractivity contribution is 5.63. The van der Waals surface area contributed by atoms with E-state index in [4.69, 9.17) is 14.4 Å². The van der Waals surface area contributed by atoms with E-state index in [0.717, 1.165) is 11.1 Å². The zero-order valence-electron chi connectivity index (χ0n) is 9.10. The van der Waals surface area contributed by atoms with Gasteiger partial charge in [-0.1, -0.05) is 16.8 Å². The Morgan fingerprint density at radius 1 is 1.44 bits per heavy atom. The molecule has 0 atom stereocenters. The quantitative estimate of drug-likeness (QED) is 0.849. The first kappa shape index (κ1) is 10.6. The highest BCUT2D eigenvalue weighted by atomic mass is 16.5. The van der Waals surface area contributed by atoms with Crippen LogP contribution in [0.1, 0.15) is 11.4 Å². The normalized spacial score (nSPS) is 10.4. The molecular formula is C11H12N2O3.